The third-order valence-corrected chi connectivity index (χ3v) is 3.42. The Morgan fingerprint density at radius 1 is 1.53 bits per heavy atom. The van der Waals surface area contributed by atoms with Crippen LogP contribution < -0.4 is 0 Å². The molecule has 0 N–H and O–H groups in total. The van der Waals surface area contributed by atoms with E-state index in [1.807, 2.05) is 6.07 Å². The first-order chi connectivity index (χ1) is 7.20. The number of pyridine rings is 1. The third kappa shape index (κ3) is 2.16. The lowest BCUT2D eigenvalue weighted by Gasteiger charge is -2.28. The van der Waals surface area contributed by atoms with Crippen LogP contribution in [0.4, 0.5) is 0 Å². The maximum absolute atomic E-state index is 6.14. The van der Waals surface area contributed by atoms with E-state index in [1.165, 1.54) is 24.9 Å². The molecular weight excluding hydrogens is 208 g/mol. The van der Waals surface area contributed by atoms with Crippen molar-refractivity contribution in [2.45, 2.75) is 38.8 Å². The van der Waals surface area contributed by atoms with Crippen LogP contribution in [0.1, 0.15) is 38.3 Å². The third-order valence-electron chi connectivity index (χ3n) is 3.10. The molecule has 2 heterocycles. The van der Waals surface area contributed by atoms with Crippen LogP contribution in [0.2, 0.25) is 5.15 Å². The van der Waals surface area contributed by atoms with Gasteiger partial charge in [0.1, 0.15) is 5.15 Å². The molecular formula is C12H17ClN2. The van der Waals surface area contributed by atoms with Crippen molar-refractivity contribution < 1.29 is 0 Å². The molecule has 0 amide bonds. The molecule has 0 spiro atoms. The van der Waals surface area contributed by atoms with Gasteiger partial charge in [-0.15, -0.1) is 0 Å². The average Bonchev–Trinajstić information content (AvgIpc) is 2.67. The monoisotopic (exact) mass is 224 g/mol. The van der Waals surface area contributed by atoms with E-state index in [9.17, 15) is 0 Å². The fourth-order valence-electron chi connectivity index (χ4n) is 2.39. The number of likely N-dealkylation sites (tertiary alicyclic amines) is 1. The number of rotatable bonds is 2. The van der Waals surface area contributed by atoms with Crippen molar-refractivity contribution in [3.8, 4) is 0 Å². The van der Waals surface area contributed by atoms with Crippen molar-refractivity contribution in [1.29, 1.82) is 0 Å². The predicted molar refractivity (Wildman–Crippen MR) is 63.1 cm³/mol. The Balaban J connectivity index is 2.27. The summed E-state index contributed by atoms with van der Waals surface area (Å²) in [7, 11) is 0. The van der Waals surface area contributed by atoms with Crippen molar-refractivity contribution in [2.75, 3.05) is 6.54 Å². The van der Waals surface area contributed by atoms with Crippen molar-refractivity contribution in [3.05, 3.63) is 29.0 Å². The van der Waals surface area contributed by atoms with Gasteiger partial charge in [-0.3, -0.25) is 4.90 Å². The van der Waals surface area contributed by atoms with E-state index in [1.54, 1.807) is 6.20 Å². The van der Waals surface area contributed by atoms with Crippen LogP contribution in [0.3, 0.4) is 0 Å². The minimum atomic E-state index is 0.464. The van der Waals surface area contributed by atoms with Gasteiger partial charge in [0.2, 0.25) is 0 Å². The number of aromatic nitrogens is 1. The average molecular weight is 225 g/mol. The Morgan fingerprint density at radius 2 is 2.33 bits per heavy atom. The Morgan fingerprint density at radius 3 is 3.00 bits per heavy atom. The molecule has 2 rings (SSSR count). The zero-order valence-corrected chi connectivity index (χ0v) is 10.0. The van der Waals surface area contributed by atoms with Crippen LogP contribution in [0, 0.1) is 0 Å². The van der Waals surface area contributed by atoms with Crippen molar-refractivity contribution in [3.63, 3.8) is 0 Å². The van der Waals surface area contributed by atoms with Gasteiger partial charge >= 0.3 is 0 Å². The van der Waals surface area contributed by atoms with Gasteiger partial charge < -0.3 is 0 Å². The molecule has 0 saturated carbocycles. The molecule has 1 aromatic heterocycles. The second kappa shape index (κ2) is 4.50. The topological polar surface area (TPSA) is 16.1 Å². The Labute approximate surface area is 96.3 Å². The van der Waals surface area contributed by atoms with E-state index in [2.05, 4.69) is 29.8 Å². The molecule has 15 heavy (non-hydrogen) atoms. The number of hydrogen-bond donors (Lipinski definition) is 0. The van der Waals surface area contributed by atoms with Gasteiger partial charge in [-0.1, -0.05) is 17.7 Å². The Hall–Kier alpha value is -0.600. The first kappa shape index (κ1) is 10.9. The molecule has 3 heteroatoms. The molecule has 0 bridgehead atoms. The fourth-order valence-corrected chi connectivity index (χ4v) is 2.63. The summed E-state index contributed by atoms with van der Waals surface area (Å²) in [4.78, 5) is 6.66. The molecule has 0 aliphatic carbocycles. The molecule has 1 aromatic rings. The van der Waals surface area contributed by atoms with Gasteiger partial charge in [0.05, 0.1) is 0 Å². The second-order valence-corrected chi connectivity index (χ2v) is 4.73. The molecule has 0 radical (unpaired) electrons. The van der Waals surface area contributed by atoms with Gasteiger partial charge in [0, 0.05) is 23.8 Å². The Bertz CT molecular complexity index is 338. The van der Waals surface area contributed by atoms with E-state index >= 15 is 0 Å². The minimum Gasteiger partial charge on any atom is -0.294 e. The molecule has 0 aromatic carbocycles. The van der Waals surface area contributed by atoms with E-state index in [4.69, 9.17) is 11.6 Å². The normalized spacial score (nSPS) is 22.5. The molecule has 82 valence electrons. The number of hydrogen-bond acceptors (Lipinski definition) is 2. The van der Waals surface area contributed by atoms with E-state index in [-0.39, 0.29) is 0 Å². The van der Waals surface area contributed by atoms with Crippen LogP contribution in [0.5, 0.6) is 0 Å². The van der Waals surface area contributed by atoms with Crippen molar-refractivity contribution in [2.24, 2.45) is 0 Å². The first-order valence-corrected chi connectivity index (χ1v) is 5.94. The summed E-state index contributed by atoms with van der Waals surface area (Å²) in [5.41, 5.74) is 1.19. The van der Waals surface area contributed by atoms with E-state index < -0.39 is 0 Å². The summed E-state index contributed by atoms with van der Waals surface area (Å²) >= 11 is 6.14. The molecule has 0 unspecified atom stereocenters. The SMILES string of the molecule is CC(C)N1CCC[C@@H]1c1cccnc1Cl. The summed E-state index contributed by atoms with van der Waals surface area (Å²) < 4.78 is 0. The smallest absolute Gasteiger partial charge is 0.133 e. The van der Waals surface area contributed by atoms with Crippen LogP contribution in [-0.2, 0) is 0 Å². The summed E-state index contributed by atoms with van der Waals surface area (Å²) in [5, 5.41) is 0.662. The van der Waals surface area contributed by atoms with Crippen LogP contribution in [0.25, 0.3) is 0 Å². The van der Waals surface area contributed by atoms with Crippen molar-refractivity contribution in [1.82, 2.24) is 9.88 Å². The highest BCUT2D eigenvalue weighted by molar-refractivity contribution is 6.30. The lowest BCUT2D eigenvalue weighted by atomic mass is 10.1. The van der Waals surface area contributed by atoms with E-state index in [0.717, 1.165) is 0 Å². The molecule has 1 saturated heterocycles. The summed E-state index contributed by atoms with van der Waals surface area (Å²) in [5.74, 6) is 0. The standard InChI is InChI=1S/C12H17ClN2/c1-9(2)15-8-4-6-11(15)10-5-3-7-14-12(10)13/h3,5,7,9,11H,4,6,8H2,1-2H3/t11-/m1/s1. The van der Waals surface area contributed by atoms with Gasteiger partial charge in [-0.25, -0.2) is 4.98 Å². The zero-order valence-electron chi connectivity index (χ0n) is 9.28. The van der Waals surface area contributed by atoms with Crippen LogP contribution >= 0.6 is 11.6 Å². The van der Waals surface area contributed by atoms with Gasteiger partial charge in [0.25, 0.3) is 0 Å². The maximum Gasteiger partial charge on any atom is 0.133 e. The predicted octanol–water partition coefficient (Wildman–Crippen LogP) is 3.28. The van der Waals surface area contributed by atoms with Crippen molar-refractivity contribution >= 4 is 11.6 Å². The molecule has 1 fully saturated rings. The lowest BCUT2D eigenvalue weighted by molar-refractivity contribution is 0.205. The van der Waals surface area contributed by atoms with E-state index in [0.29, 0.717) is 17.2 Å². The Kier molecular flexibility index (Phi) is 3.27. The first-order valence-electron chi connectivity index (χ1n) is 5.56. The lowest BCUT2D eigenvalue weighted by Crippen LogP contribution is -2.30. The quantitative estimate of drug-likeness (QED) is 0.717. The minimum absolute atomic E-state index is 0.464. The second-order valence-electron chi connectivity index (χ2n) is 4.37. The molecule has 1 aliphatic heterocycles. The van der Waals surface area contributed by atoms with Crippen LogP contribution in [-0.4, -0.2) is 22.5 Å². The van der Waals surface area contributed by atoms with Gasteiger partial charge in [-0.05, 0) is 39.3 Å². The highest BCUT2D eigenvalue weighted by Gasteiger charge is 2.29. The summed E-state index contributed by atoms with van der Waals surface area (Å²) in [6.45, 7) is 5.65. The highest BCUT2D eigenvalue weighted by Crippen LogP contribution is 2.35. The number of nitrogens with zero attached hydrogens (tertiary/aromatic N) is 2. The summed E-state index contributed by atoms with van der Waals surface area (Å²) in [6, 6.07) is 5.11. The largest absolute Gasteiger partial charge is 0.294 e. The molecule has 1 atom stereocenters. The molecule has 2 nitrogen and oxygen atoms in total. The fraction of sp³-hybridized carbons (Fsp3) is 0.583. The molecule has 1 aliphatic rings. The van der Waals surface area contributed by atoms with Gasteiger partial charge in [0.15, 0.2) is 0 Å². The van der Waals surface area contributed by atoms with Crippen LogP contribution in [0.15, 0.2) is 18.3 Å². The maximum atomic E-state index is 6.14. The highest BCUT2D eigenvalue weighted by atomic mass is 35.5. The summed E-state index contributed by atoms with van der Waals surface area (Å²) in [6.07, 6.45) is 4.21. The zero-order chi connectivity index (χ0) is 10.8. The number of halogens is 1. The van der Waals surface area contributed by atoms with Gasteiger partial charge in [-0.2, -0.15) is 0 Å².